The van der Waals surface area contributed by atoms with Crippen molar-refractivity contribution >= 4 is 12.1 Å². The number of rotatable bonds is 5. The van der Waals surface area contributed by atoms with Crippen molar-refractivity contribution in [1.82, 2.24) is 4.98 Å². The molecule has 0 saturated heterocycles. The fraction of sp³-hybridized carbons (Fsp3) is 0.158. The van der Waals surface area contributed by atoms with Gasteiger partial charge in [0.05, 0.1) is 0 Å². The molecule has 0 aliphatic heterocycles. The van der Waals surface area contributed by atoms with Crippen LogP contribution in [0.25, 0.3) is 11.1 Å². The van der Waals surface area contributed by atoms with Gasteiger partial charge in [0.15, 0.2) is 0 Å². The number of pyridine rings is 1. The number of anilines is 1. The highest BCUT2D eigenvalue weighted by molar-refractivity contribution is 5.78. The highest BCUT2D eigenvalue weighted by Crippen LogP contribution is 2.20. The largest absolute Gasteiger partial charge is 0.346 e. The van der Waals surface area contributed by atoms with Gasteiger partial charge in [0.25, 0.3) is 0 Å². The van der Waals surface area contributed by atoms with E-state index in [9.17, 15) is 4.79 Å². The van der Waals surface area contributed by atoms with Gasteiger partial charge in [0.2, 0.25) is 0 Å². The first kappa shape index (κ1) is 15.7. The summed E-state index contributed by atoms with van der Waals surface area (Å²) in [5, 5.41) is 3.19. The van der Waals surface area contributed by atoms with Crippen LogP contribution < -0.4 is 5.32 Å². The highest BCUT2D eigenvalue weighted by atomic mass is 16.1. The van der Waals surface area contributed by atoms with Gasteiger partial charge in [-0.25, -0.2) is 4.98 Å². The van der Waals surface area contributed by atoms with E-state index in [0.717, 1.165) is 23.2 Å². The second-order valence-electron chi connectivity index (χ2n) is 5.12. The molecule has 0 atom stereocenters. The topological polar surface area (TPSA) is 42.0 Å². The van der Waals surface area contributed by atoms with E-state index in [0.29, 0.717) is 5.56 Å². The molecule has 2 aromatic rings. The molecule has 112 valence electrons. The molecule has 0 spiro atoms. The molecule has 2 rings (SSSR count). The van der Waals surface area contributed by atoms with Gasteiger partial charge in [0, 0.05) is 23.5 Å². The molecule has 1 aromatic carbocycles. The van der Waals surface area contributed by atoms with Crippen LogP contribution in [-0.4, -0.2) is 11.3 Å². The average Bonchev–Trinajstić information content (AvgIpc) is 2.59. The van der Waals surface area contributed by atoms with E-state index in [-0.39, 0.29) is 0 Å². The molecule has 0 bridgehead atoms. The summed E-state index contributed by atoms with van der Waals surface area (Å²) in [5.74, 6) is 0.790. The van der Waals surface area contributed by atoms with Crippen LogP contribution in [0.3, 0.4) is 0 Å². The quantitative estimate of drug-likeness (QED) is 0.633. The summed E-state index contributed by atoms with van der Waals surface area (Å²) in [5.41, 5.74) is 5.04. The number of nitrogens with one attached hydrogen (secondary N) is 1. The number of aldehydes is 1. The number of aromatic nitrogens is 1. The van der Waals surface area contributed by atoms with Gasteiger partial charge < -0.3 is 5.32 Å². The van der Waals surface area contributed by atoms with E-state index in [4.69, 9.17) is 0 Å². The predicted octanol–water partition coefficient (Wildman–Crippen LogP) is 4.84. The summed E-state index contributed by atoms with van der Waals surface area (Å²) < 4.78 is 0. The van der Waals surface area contributed by atoms with Crippen LogP contribution in [0.1, 0.15) is 31.1 Å². The van der Waals surface area contributed by atoms with Gasteiger partial charge in [-0.2, -0.15) is 0 Å². The summed E-state index contributed by atoms with van der Waals surface area (Å²) in [4.78, 5) is 15.2. The second-order valence-corrected chi connectivity index (χ2v) is 5.12. The van der Waals surface area contributed by atoms with Crippen molar-refractivity contribution in [1.29, 1.82) is 0 Å². The Hall–Kier alpha value is -2.68. The van der Waals surface area contributed by atoms with Crippen LogP contribution >= 0.6 is 0 Å². The Bertz CT molecular complexity index is 712. The van der Waals surface area contributed by atoms with E-state index < -0.39 is 0 Å². The monoisotopic (exact) mass is 292 g/mol. The van der Waals surface area contributed by atoms with Crippen molar-refractivity contribution in [3.05, 3.63) is 71.6 Å². The van der Waals surface area contributed by atoms with Gasteiger partial charge in [-0.3, -0.25) is 4.79 Å². The van der Waals surface area contributed by atoms with E-state index >= 15 is 0 Å². The maximum Gasteiger partial charge on any atom is 0.150 e. The Kier molecular flexibility index (Phi) is 5.26. The number of nitrogens with zero attached hydrogens (tertiary/aromatic N) is 1. The second kappa shape index (κ2) is 7.36. The van der Waals surface area contributed by atoms with Gasteiger partial charge in [-0.1, -0.05) is 29.8 Å². The van der Waals surface area contributed by atoms with E-state index in [2.05, 4.69) is 30.2 Å². The Morgan fingerprint density at radius 2 is 1.91 bits per heavy atom. The first-order chi connectivity index (χ1) is 10.6. The molecule has 1 heterocycles. The lowest BCUT2D eigenvalue weighted by Gasteiger charge is -2.06. The van der Waals surface area contributed by atoms with Crippen LogP contribution in [-0.2, 0) is 0 Å². The van der Waals surface area contributed by atoms with Gasteiger partial charge in [0.1, 0.15) is 12.1 Å². The molecule has 0 amide bonds. The van der Waals surface area contributed by atoms with Crippen LogP contribution in [0.15, 0.2) is 66.0 Å². The molecule has 0 radical (unpaired) electrons. The molecule has 1 N–H and O–H groups in total. The lowest BCUT2D eigenvalue weighted by molar-refractivity contribution is 0.112. The van der Waals surface area contributed by atoms with Crippen molar-refractivity contribution in [2.75, 3.05) is 5.32 Å². The third kappa shape index (κ3) is 3.92. The van der Waals surface area contributed by atoms with Crippen molar-refractivity contribution in [3.8, 4) is 11.1 Å². The lowest BCUT2D eigenvalue weighted by atomic mass is 10.1. The third-order valence-electron chi connectivity index (χ3n) is 3.61. The SMILES string of the molecule is C/C=C(C)/C(C)=C/Nc1ccc(-c2cccc(C=O)c2)cn1. The number of hydrogen-bond donors (Lipinski definition) is 1. The number of benzene rings is 1. The first-order valence-corrected chi connectivity index (χ1v) is 7.22. The van der Waals surface area contributed by atoms with Crippen molar-refractivity contribution in [3.63, 3.8) is 0 Å². The zero-order valence-electron chi connectivity index (χ0n) is 13.1. The summed E-state index contributed by atoms with van der Waals surface area (Å²) in [6.07, 6.45) is 6.68. The highest BCUT2D eigenvalue weighted by Gasteiger charge is 2.00. The molecule has 0 aliphatic rings. The normalized spacial score (nSPS) is 12.1. The fourth-order valence-electron chi connectivity index (χ4n) is 1.97. The number of carbonyl (C=O) groups excluding carboxylic acids is 1. The Balaban J connectivity index is 2.15. The van der Waals surface area contributed by atoms with Crippen molar-refractivity contribution in [2.45, 2.75) is 20.8 Å². The Morgan fingerprint density at radius 1 is 1.09 bits per heavy atom. The lowest BCUT2D eigenvalue weighted by Crippen LogP contribution is -1.94. The molecule has 0 unspecified atom stereocenters. The number of hydrogen-bond acceptors (Lipinski definition) is 3. The Labute approximate surface area is 131 Å². The minimum absolute atomic E-state index is 0.667. The molecular weight excluding hydrogens is 272 g/mol. The number of carbonyl (C=O) groups is 1. The zero-order valence-corrected chi connectivity index (χ0v) is 13.1. The van der Waals surface area contributed by atoms with Gasteiger partial charge >= 0.3 is 0 Å². The predicted molar refractivity (Wildman–Crippen MR) is 91.9 cm³/mol. The first-order valence-electron chi connectivity index (χ1n) is 7.22. The fourth-order valence-corrected chi connectivity index (χ4v) is 1.97. The van der Waals surface area contributed by atoms with Crippen LogP contribution in [0.5, 0.6) is 0 Å². The molecule has 3 heteroatoms. The summed E-state index contributed by atoms with van der Waals surface area (Å²) in [6.45, 7) is 6.15. The molecule has 1 aromatic heterocycles. The zero-order chi connectivity index (χ0) is 15.9. The van der Waals surface area contributed by atoms with Crippen LogP contribution in [0, 0.1) is 0 Å². The number of allylic oxidation sites excluding steroid dienone is 3. The van der Waals surface area contributed by atoms with Gasteiger partial charge in [-0.05, 0) is 50.1 Å². The van der Waals surface area contributed by atoms with Gasteiger partial charge in [-0.15, -0.1) is 0 Å². The molecule has 0 saturated carbocycles. The van der Waals surface area contributed by atoms with Crippen LogP contribution in [0.4, 0.5) is 5.82 Å². The standard InChI is InChI=1S/C19H20N2O/c1-4-14(2)15(3)11-20-19-9-8-18(12-21-19)17-7-5-6-16(10-17)13-22/h4-13H,1-3H3,(H,20,21)/b14-4+,15-11+. The summed E-state index contributed by atoms with van der Waals surface area (Å²) >= 11 is 0. The minimum atomic E-state index is 0.667. The van der Waals surface area contributed by atoms with Crippen molar-refractivity contribution < 1.29 is 4.79 Å². The van der Waals surface area contributed by atoms with E-state index in [1.165, 1.54) is 11.1 Å². The molecule has 22 heavy (non-hydrogen) atoms. The molecular formula is C19H20N2O. The summed E-state index contributed by atoms with van der Waals surface area (Å²) in [6, 6.07) is 11.4. The molecule has 0 fully saturated rings. The molecule has 3 nitrogen and oxygen atoms in total. The maximum atomic E-state index is 10.8. The Morgan fingerprint density at radius 3 is 2.55 bits per heavy atom. The smallest absolute Gasteiger partial charge is 0.150 e. The summed E-state index contributed by atoms with van der Waals surface area (Å²) in [7, 11) is 0. The molecule has 0 aliphatic carbocycles. The van der Waals surface area contributed by atoms with E-state index in [1.54, 1.807) is 12.3 Å². The van der Waals surface area contributed by atoms with E-state index in [1.807, 2.05) is 43.5 Å². The van der Waals surface area contributed by atoms with Crippen LogP contribution in [0.2, 0.25) is 0 Å². The minimum Gasteiger partial charge on any atom is -0.346 e. The van der Waals surface area contributed by atoms with Crippen molar-refractivity contribution in [2.24, 2.45) is 0 Å². The average molecular weight is 292 g/mol. The third-order valence-corrected chi connectivity index (χ3v) is 3.61. The maximum absolute atomic E-state index is 10.8.